The van der Waals surface area contributed by atoms with Crippen LogP contribution in [-0.4, -0.2) is 13.2 Å². The third-order valence-corrected chi connectivity index (χ3v) is 3.98. The fourth-order valence-corrected chi connectivity index (χ4v) is 2.50. The van der Waals surface area contributed by atoms with Crippen LogP contribution < -0.4 is 9.47 Å². The lowest BCUT2D eigenvalue weighted by atomic mass is 10.0. The van der Waals surface area contributed by atoms with Gasteiger partial charge in [0.05, 0.1) is 0 Å². The van der Waals surface area contributed by atoms with E-state index in [2.05, 4.69) is 41.1 Å². The van der Waals surface area contributed by atoms with Crippen molar-refractivity contribution >= 4 is 15.9 Å². The van der Waals surface area contributed by atoms with E-state index in [4.69, 9.17) is 9.47 Å². The Kier molecular flexibility index (Phi) is 3.00. The highest BCUT2D eigenvalue weighted by atomic mass is 79.9. The number of rotatable bonds is 1. The van der Waals surface area contributed by atoms with Gasteiger partial charge in [0.25, 0.3) is 0 Å². The Bertz CT molecular complexity index is 593. The Balaban J connectivity index is 2.09. The zero-order valence-electron chi connectivity index (χ0n) is 10.1. The second-order valence-electron chi connectivity index (χ2n) is 4.27. The fourth-order valence-electron chi connectivity index (χ4n) is 2.13. The minimum Gasteiger partial charge on any atom is -0.486 e. The van der Waals surface area contributed by atoms with Crippen molar-refractivity contribution < 1.29 is 9.47 Å². The lowest BCUT2D eigenvalue weighted by Crippen LogP contribution is -2.15. The van der Waals surface area contributed by atoms with Crippen LogP contribution in [0.4, 0.5) is 0 Å². The van der Waals surface area contributed by atoms with Crippen molar-refractivity contribution in [2.75, 3.05) is 13.2 Å². The van der Waals surface area contributed by atoms with Gasteiger partial charge in [0, 0.05) is 4.47 Å². The molecule has 0 bridgehead atoms. The summed E-state index contributed by atoms with van der Waals surface area (Å²) >= 11 is 3.56. The van der Waals surface area contributed by atoms with E-state index in [1.54, 1.807) is 0 Å². The van der Waals surface area contributed by atoms with E-state index in [9.17, 15) is 0 Å². The van der Waals surface area contributed by atoms with Crippen molar-refractivity contribution in [2.45, 2.75) is 6.92 Å². The van der Waals surface area contributed by atoms with E-state index in [0.717, 1.165) is 21.5 Å². The molecule has 0 aromatic heterocycles. The first-order chi connectivity index (χ1) is 8.75. The maximum atomic E-state index is 5.62. The molecule has 3 rings (SSSR count). The summed E-state index contributed by atoms with van der Waals surface area (Å²) < 4.78 is 12.3. The van der Waals surface area contributed by atoms with Crippen LogP contribution in [0.5, 0.6) is 11.5 Å². The molecule has 92 valence electrons. The van der Waals surface area contributed by atoms with E-state index in [-0.39, 0.29) is 0 Å². The van der Waals surface area contributed by atoms with Gasteiger partial charge >= 0.3 is 0 Å². The van der Waals surface area contributed by atoms with Gasteiger partial charge in [-0.1, -0.05) is 34.1 Å². The largest absolute Gasteiger partial charge is 0.486 e. The SMILES string of the molecule is Cc1c(Br)cccc1-c1ccc2c(c1)OCCO2. The Morgan fingerprint density at radius 1 is 1.00 bits per heavy atom. The summed E-state index contributed by atoms with van der Waals surface area (Å²) in [4.78, 5) is 0. The molecule has 0 unspecified atom stereocenters. The summed E-state index contributed by atoms with van der Waals surface area (Å²) in [5.41, 5.74) is 3.59. The summed E-state index contributed by atoms with van der Waals surface area (Å²) in [6, 6.07) is 12.3. The molecule has 0 amide bonds. The van der Waals surface area contributed by atoms with Crippen molar-refractivity contribution in [1.82, 2.24) is 0 Å². The summed E-state index contributed by atoms with van der Waals surface area (Å²) in [6.07, 6.45) is 0. The van der Waals surface area contributed by atoms with Crippen LogP contribution in [0, 0.1) is 6.92 Å². The van der Waals surface area contributed by atoms with Crippen molar-refractivity contribution in [3.8, 4) is 22.6 Å². The molecule has 0 saturated carbocycles. The van der Waals surface area contributed by atoms with Gasteiger partial charge in [-0.25, -0.2) is 0 Å². The molecule has 2 aromatic carbocycles. The van der Waals surface area contributed by atoms with Gasteiger partial charge in [-0.2, -0.15) is 0 Å². The maximum absolute atomic E-state index is 5.62. The van der Waals surface area contributed by atoms with E-state index in [0.29, 0.717) is 13.2 Å². The Morgan fingerprint density at radius 3 is 2.61 bits per heavy atom. The standard InChI is InChI=1S/C15H13BrO2/c1-10-12(3-2-4-13(10)16)11-5-6-14-15(9-11)18-8-7-17-14/h2-6,9H,7-8H2,1H3. The quantitative estimate of drug-likeness (QED) is 0.786. The van der Waals surface area contributed by atoms with E-state index < -0.39 is 0 Å². The third-order valence-electron chi connectivity index (χ3n) is 3.12. The van der Waals surface area contributed by atoms with Crippen LogP contribution in [0.15, 0.2) is 40.9 Å². The number of ether oxygens (including phenoxy) is 2. The number of halogens is 1. The van der Waals surface area contributed by atoms with Crippen molar-refractivity contribution in [2.24, 2.45) is 0 Å². The highest BCUT2D eigenvalue weighted by molar-refractivity contribution is 9.10. The predicted molar refractivity (Wildman–Crippen MR) is 75.3 cm³/mol. The second-order valence-corrected chi connectivity index (χ2v) is 5.13. The molecule has 0 fully saturated rings. The monoisotopic (exact) mass is 304 g/mol. The summed E-state index contributed by atoms with van der Waals surface area (Å²) in [7, 11) is 0. The summed E-state index contributed by atoms with van der Waals surface area (Å²) in [5, 5.41) is 0. The average molecular weight is 305 g/mol. The maximum Gasteiger partial charge on any atom is 0.161 e. The first-order valence-electron chi connectivity index (χ1n) is 5.91. The first-order valence-corrected chi connectivity index (χ1v) is 6.70. The molecule has 0 aliphatic carbocycles. The minimum atomic E-state index is 0.619. The van der Waals surface area contributed by atoms with Crippen LogP contribution in [0.2, 0.25) is 0 Å². The normalized spacial score (nSPS) is 13.4. The van der Waals surface area contributed by atoms with Gasteiger partial charge in [-0.3, -0.25) is 0 Å². The molecule has 0 N–H and O–H groups in total. The molecule has 0 radical (unpaired) electrons. The Hall–Kier alpha value is -1.48. The van der Waals surface area contributed by atoms with Gasteiger partial charge in [0.15, 0.2) is 11.5 Å². The smallest absolute Gasteiger partial charge is 0.161 e. The third kappa shape index (κ3) is 1.99. The van der Waals surface area contributed by atoms with Crippen LogP contribution in [0.3, 0.4) is 0 Å². The number of hydrogen-bond acceptors (Lipinski definition) is 2. The highest BCUT2D eigenvalue weighted by Gasteiger charge is 2.13. The topological polar surface area (TPSA) is 18.5 Å². The van der Waals surface area contributed by atoms with Crippen molar-refractivity contribution in [3.63, 3.8) is 0 Å². The number of fused-ring (bicyclic) bond motifs is 1. The van der Waals surface area contributed by atoms with E-state index in [1.165, 1.54) is 11.1 Å². The predicted octanol–water partition coefficient (Wildman–Crippen LogP) is 4.20. The van der Waals surface area contributed by atoms with Crippen molar-refractivity contribution in [3.05, 3.63) is 46.4 Å². The molecule has 0 spiro atoms. The van der Waals surface area contributed by atoms with Gasteiger partial charge < -0.3 is 9.47 Å². The lowest BCUT2D eigenvalue weighted by molar-refractivity contribution is 0.171. The number of benzene rings is 2. The van der Waals surface area contributed by atoms with Gasteiger partial charge in [0.1, 0.15) is 13.2 Å². The lowest BCUT2D eigenvalue weighted by Gasteiger charge is -2.19. The molecule has 1 heterocycles. The van der Waals surface area contributed by atoms with Crippen LogP contribution in [0.25, 0.3) is 11.1 Å². The molecule has 1 aliphatic heterocycles. The molecule has 3 heteroatoms. The minimum absolute atomic E-state index is 0.619. The van der Waals surface area contributed by atoms with Crippen LogP contribution in [-0.2, 0) is 0 Å². The summed E-state index contributed by atoms with van der Waals surface area (Å²) in [6.45, 7) is 3.35. The number of hydrogen-bond donors (Lipinski definition) is 0. The molecule has 0 atom stereocenters. The van der Waals surface area contributed by atoms with Crippen molar-refractivity contribution in [1.29, 1.82) is 0 Å². The highest BCUT2D eigenvalue weighted by Crippen LogP contribution is 2.36. The molecular weight excluding hydrogens is 292 g/mol. The average Bonchev–Trinajstić information content (AvgIpc) is 2.41. The Labute approximate surface area is 115 Å². The molecule has 0 saturated heterocycles. The van der Waals surface area contributed by atoms with Crippen LogP contribution in [0.1, 0.15) is 5.56 Å². The second kappa shape index (κ2) is 4.65. The van der Waals surface area contributed by atoms with Gasteiger partial charge in [-0.05, 0) is 41.8 Å². The Morgan fingerprint density at radius 2 is 1.78 bits per heavy atom. The van der Waals surface area contributed by atoms with Gasteiger partial charge in [0.2, 0.25) is 0 Å². The summed E-state index contributed by atoms with van der Waals surface area (Å²) in [5.74, 6) is 1.66. The first kappa shape index (κ1) is 11.6. The zero-order chi connectivity index (χ0) is 12.5. The molecule has 2 aromatic rings. The van der Waals surface area contributed by atoms with E-state index in [1.807, 2.05) is 18.2 Å². The van der Waals surface area contributed by atoms with E-state index >= 15 is 0 Å². The van der Waals surface area contributed by atoms with Gasteiger partial charge in [-0.15, -0.1) is 0 Å². The zero-order valence-corrected chi connectivity index (χ0v) is 11.7. The molecule has 2 nitrogen and oxygen atoms in total. The fraction of sp³-hybridized carbons (Fsp3) is 0.200. The molecular formula is C15H13BrO2. The molecule has 1 aliphatic rings. The van der Waals surface area contributed by atoms with Crippen LogP contribution >= 0.6 is 15.9 Å². The molecule has 18 heavy (non-hydrogen) atoms.